The van der Waals surface area contributed by atoms with Crippen LogP contribution < -0.4 is 5.32 Å². The second-order valence-electron chi connectivity index (χ2n) is 9.32. The highest BCUT2D eigenvalue weighted by Crippen LogP contribution is 2.26. The van der Waals surface area contributed by atoms with Gasteiger partial charge in [0.1, 0.15) is 6.04 Å². The Morgan fingerprint density at radius 2 is 1.74 bits per heavy atom. The molecule has 4 rings (SSSR count). The first-order chi connectivity index (χ1) is 17.0. The fraction of sp³-hybridized carbons (Fsp3) is 0.379. The van der Waals surface area contributed by atoms with Crippen LogP contribution in [0.15, 0.2) is 60.7 Å². The van der Waals surface area contributed by atoms with E-state index in [0.717, 1.165) is 47.6 Å². The topological polar surface area (TPSA) is 49.4 Å². The smallest absolute Gasteiger partial charge is 0.243 e. The molecule has 1 saturated carbocycles. The van der Waals surface area contributed by atoms with Crippen LogP contribution in [0.5, 0.6) is 0 Å². The molecule has 0 saturated heterocycles. The number of carbonyl (C=O) groups excluding carboxylic acids is 2. The fourth-order valence-corrected chi connectivity index (χ4v) is 5.34. The average molecular weight is 511 g/mol. The maximum absolute atomic E-state index is 13.6. The number of fused-ring (bicyclic) bond motifs is 1. The van der Waals surface area contributed by atoms with Gasteiger partial charge in [-0.15, -0.1) is 0 Å². The molecule has 1 aliphatic carbocycles. The lowest BCUT2D eigenvalue weighted by Gasteiger charge is -2.31. The van der Waals surface area contributed by atoms with Crippen molar-refractivity contribution in [1.29, 1.82) is 0 Å². The van der Waals surface area contributed by atoms with Crippen LogP contribution in [-0.2, 0) is 22.6 Å². The molecule has 0 bridgehead atoms. The van der Waals surface area contributed by atoms with Gasteiger partial charge in [-0.3, -0.25) is 9.59 Å². The lowest BCUT2D eigenvalue weighted by molar-refractivity contribution is -0.141. The maximum Gasteiger partial charge on any atom is 0.243 e. The van der Waals surface area contributed by atoms with Crippen molar-refractivity contribution in [3.8, 4) is 0 Å². The normalized spacial score (nSPS) is 14.7. The summed E-state index contributed by atoms with van der Waals surface area (Å²) in [6.07, 6.45) is 5.76. The van der Waals surface area contributed by atoms with Gasteiger partial charge in [0, 0.05) is 19.0 Å². The van der Waals surface area contributed by atoms with Crippen molar-refractivity contribution < 1.29 is 9.59 Å². The number of halogens is 2. The Labute approximate surface area is 217 Å². The Bertz CT molecular complexity index is 1190. The van der Waals surface area contributed by atoms with Crippen molar-refractivity contribution in [2.45, 2.75) is 70.5 Å². The van der Waals surface area contributed by atoms with E-state index in [1.807, 2.05) is 31.2 Å². The number of nitrogens with zero attached hydrogens (tertiary/aromatic N) is 1. The first kappa shape index (κ1) is 25.5. The van der Waals surface area contributed by atoms with Crippen molar-refractivity contribution in [3.05, 3.63) is 81.8 Å². The van der Waals surface area contributed by atoms with Crippen LogP contribution in [0.2, 0.25) is 10.0 Å². The zero-order valence-electron chi connectivity index (χ0n) is 20.1. The molecule has 0 unspecified atom stereocenters. The predicted octanol–water partition coefficient (Wildman–Crippen LogP) is 6.95. The summed E-state index contributed by atoms with van der Waals surface area (Å²) in [4.78, 5) is 28.6. The van der Waals surface area contributed by atoms with Gasteiger partial charge in [0.25, 0.3) is 0 Å². The fourth-order valence-electron chi connectivity index (χ4n) is 5.02. The molecular weight excluding hydrogens is 479 g/mol. The van der Waals surface area contributed by atoms with Gasteiger partial charge < -0.3 is 10.2 Å². The number of rotatable bonds is 9. The lowest BCUT2D eigenvalue weighted by atomic mass is 10.00. The van der Waals surface area contributed by atoms with E-state index in [0.29, 0.717) is 35.9 Å². The van der Waals surface area contributed by atoms with E-state index in [1.165, 1.54) is 0 Å². The zero-order chi connectivity index (χ0) is 24.8. The van der Waals surface area contributed by atoms with Crippen molar-refractivity contribution in [3.63, 3.8) is 0 Å². The Kier molecular flexibility index (Phi) is 8.69. The summed E-state index contributed by atoms with van der Waals surface area (Å²) in [5.41, 5.74) is 1.99. The number of hydrogen-bond acceptors (Lipinski definition) is 2. The number of hydrogen-bond donors (Lipinski definition) is 1. The van der Waals surface area contributed by atoms with Gasteiger partial charge in [-0.05, 0) is 59.7 Å². The van der Waals surface area contributed by atoms with E-state index < -0.39 is 6.04 Å². The molecule has 1 N–H and O–H groups in total. The molecule has 4 nitrogen and oxygen atoms in total. The second-order valence-corrected chi connectivity index (χ2v) is 10.1. The Balaban J connectivity index is 1.55. The van der Waals surface area contributed by atoms with Crippen molar-refractivity contribution >= 4 is 45.8 Å². The van der Waals surface area contributed by atoms with Gasteiger partial charge in [-0.2, -0.15) is 0 Å². The van der Waals surface area contributed by atoms with E-state index in [2.05, 4.69) is 29.6 Å². The number of aryl methyl sites for hydroxylation is 1. The van der Waals surface area contributed by atoms with Gasteiger partial charge in [0.2, 0.25) is 11.8 Å². The molecule has 0 aliphatic heterocycles. The molecule has 1 atom stereocenters. The summed E-state index contributed by atoms with van der Waals surface area (Å²) in [6, 6.07) is 19.4. The van der Waals surface area contributed by atoms with E-state index in [-0.39, 0.29) is 17.9 Å². The third-order valence-electron chi connectivity index (χ3n) is 6.91. The molecule has 35 heavy (non-hydrogen) atoms. The summed E-state index contributed by atoms with van der Waals surface area (Å²) in [6.45, 7) is 2.26. The highest BCUT2D eigenvalue weighted by atomic mass is 35.5. The van der Waals surface area contributed by atoms with Crippen molar-refractivity contribution in [1.82, 2.24) is 10.2 Å². The SMILES string of the molecule is CC[C@H](C(=O)NC1CCCC1)N(Cc1ccc(Cl)c(Cl)c1)C(=O)CCc1cccc2ccccc12. The zero-order valence-corrected chi connectivity index (χ0v) is 21.6. The quantitative estimate of drug-likeness (QED) is 0.338. The minimum Gasteiger partial charge on any atom is -0.352 e. The lowest BCUT2D eigenvalue weighted by Crippen LogP contribution is -2.51. The van der Waals surface area contributed by atoms with Crippen LogP contribution in [0.1, 0.15) is 56.6 Å². The molecule has 0 heterocycles. The van der Waals surface area contributed by atoms with Crippen LogP contribution >= 0.6 is 23.2 Å². The van der Waals surface area contributed by atoms with Crippen LogP contribution in [-0.4, -0.2) is 28.8 Å². The largest absolute Gasteiger partial charge is 0.352 e. The van der Waals surface area contributed by atoms with E-state index >= 15 is 0 Å². The van der Waals surface area contributed by atoms with Crippen LogP contribution in [0, 0.1) is 0 Å². The number of nitrogens with one attached hydrogen (secondary N) is 1. The molecule has 6 heteroatoms. The van der Waals surface area contributed by atoms with E-state index in [4.69, 9.17) is 23.2 Å². The van der Waals surface area contributed by atoms with Gasteiger partial charge in [0.15, 0.2) is 0 Å². The third-order valence-corrected chi connectivity index (χ3v) is 7.65. The monoisotopic (exact) mass is 510 g/mol. The molecular formula is C29H32Cl2N2O2. The maximum atomic E-state index is 13.6. The molecule has 184 valence electrons. The molecule has 0 aromatic heterocycles. The first-order valence-corrected chi connectivity index (χ1v) is 13.2. The highest BCUT2D eigenvalue weighted by molar-refractivity contribution is 6.42. The molecule has 2 amide bonds. The molecule has 0 radical (unpaired) electrons. The molecule has 3 aromatic rings. The van der Waals surface area contributed by atoms with Gasteiger partial charge in [-0.25, -0.2) is 0 Å². The summed E-state index contributed by atoms with van der Waals surface area (Å²) in [5.74, 6) is -0.115. The van der Waals surface area contributed by atoms with Gasteiger partial charge in [0.05, 0.1) is 10.0 Å². The standard InChI is InChI=1S/C29H32Cl2N2O2/c1-2-27(29(35)32-23-11-4-5-12-23)33(19-20-14-16-25(30)26(31)18-20)28(34)17-15-22-10-7-9-21-8-3-6-13-24(21)22/h3,6-10,13-14,16,18,23,27H,2,4-5,11-12,15,17,19H2,1H3,(H,32,35)/t27-/m1/s1. The number of benzene rings is 3. The van der Waals surface area contributed by atoms with Crippen molar-refractivity contribution in [2.75, 3.05) is 0 Å². The molecule has 3 aromatic carbocycles. The Hall–Kier alpha value is -2.56. The highest BCUT2D eigenvalue weighted by Gasteiger charge is 2.30. The minimum absolute atomic E-state index is 0.0440. The number of carbonyl (C=O) groups is 2. The molecule has 1 aliphatic rings. The van der Waals surface area contributed by atoms with Crippen molar-refractivity contribution in [2.24, 2.45) is 0 Å². The van der Waals surface area contributed by atoms with Crippen LogP contribution in [0.4, 0.5) is 0 Å². The first-order valence-electron chi connectivity index (χ1n) is 12.5. The Morgan fingerprint density at radius 1 is 1.00 bits per heavy atom. The molecule has 0 spiro atoms. The summed E-state index contributed by atoms with van der Waals surface area (Å²) >= 11 is 12.4. The predicted molar refractivity (Wildman–Crippen MR) is 144 cm³/mol. The van der Waals surface area contributed by atoms with E-state index in [1.54, 1.807) is 17.0 Å². The van der Waals surface area contributed by atoms with E-state index in [9.17, 15) is 9.59 Å². The van der Waals surface area contributed by atoms with Crippen LogP contribution in [0.25, 0.3) is 10.8 Å². The second kappa shape index (κ2) is 11.9. The summed E-state index contributed by atoms with van der Waals surface area (Å²) in [7, 11) is 0. The average Bonchev–Trinajstić information content (AvgIpc) is 3.37. The Morgan fingerprint density at radius 3 is 2.49 bits per heavy atom. The third kappa shape index (κ3) is 6.36. The summed E-state index contributed by atoms with van der Waals surface area (Å²) < 4.78 is 0. The number of amides is 2. The molecule has 1 fully saturated rings. The van der Waals surface area contributed by atoms with Crippen LogP contribution in [0.3, 0.4) is 0 Å². The van der Waals surface area contributed by atoms with Gasteiger partial charge >= 0.3 is 0 Å². The minimum atomic E-state index is -0.537. The van der Waals surface area contributed by atoms with Gasteiger partial charge in [-0.1, -0.05) is 91.5 Å². The summed E-state index contributed by atoms with van der Waals surface area (Å²) in [5, 5.41) is 6.41.